The number of benzene rings is 2. The van der Waals surface area contributed by atoms with Gasteiger partial charge in [-0.05, 0) is 36.8 Å². The second kappa shape index (κ2) is 8.56. The third-order valence-corrected chi connectivity index (χ3v) is 6.00. The highest BCUT2D eigenvalue weighted by atomic mass is 35.5. The van der Waals surface area contributed by atoms with E-state index in [9.17, 15) is 27.2 Å². The van der Waals surface area contributed by atoms with Crippen molar-refractivity contribution in [3.05, 3.63) is 69.4 Å². The van der Waals surface area contributed by atoms with Crippen LogP contribution in [-0.4, -0.2) is 38.2 Å². The van der Waals surface area contributed by atoms with E-state index in [1.165, 1.54) is 32.2 Å². The molecular formula is C23H17ClF5N3O2. The molecule has 0 saturated carbocycles. The van der Waals surface area contributed by atoms with Gasteiger partial charge in [0.2, 0.25) is 0 Å². The summed E-state index contributed by atoms with van der Waals surface area (Å²) in [5.74, 6) is -4.95. The Morgan fingerprint density at radius 3 is 2.56 bits per heavy atom. The van der Waals surface area contributed by atoms with E-state index in [1.807, 2.05) is 6.07 Å². The Labute approximate surface area is 196 Å². The van der Waals surface area contributed by atoms with E-state index < -0.39 is 23.9 Å². The summed E-state index contributed by atoms with van der Waals surface area (Å²) in [6.45, 7) is 0.465. The van der Waals surface area contributed by atoms with E-state index in [1.54, 1.807) is 18.2 Å². The minimum Gasteiger partial charge on any atom is -0.495 e. The van der Waals surface area contributed by atoms with E-state index >= 15 is 0 Å². The molecule has 1 atom stereocenters. The topological polar surface area (TPSA) is 57.9 Å². The number of alkyl halides is 5. The second-order valence-electron chi connectivity index (χ2n) is 7.71. The van der Waals surface area contributed by atoms with Crippen LogP contribution < -0.4 is 9.64 Å². The van der Waals surface area contributed by atoms with Gasteiger partial charge in [0.25, 0.3) is 0 Å². The largest absolute Gasteiger partial charge is 0.495 e. The predicted molar refractivity (Wildman–Crippen MR) is 115 cm³/mol. The highest BCUT2D eigenvalue weighted by molar-refractivity contribution is 6.33. The van der Waals surface area contributed by atoms with Crippen LogP contribution in [-0.2, 0) is 4.74 Å². The van der Waals surface area contributed by atoms with Crippen molar-refractivity contribution in [2.45, 2.75) is 25.1 Å². The Morgan fingerprint density at radius 2 is 1.91 bits per heavy atom. The van der Waals surface area contributed by atoms with Crippen molar-refractivity contribution < 1.29 is 31.4 Å². The normalized spacial score (nSPS) is 18.5. The number of nitriles is 1. The van der Waals surface area contributed by atoms with Crippen LogP contribution in [0.25, 0.3) is 0 Å². The number of amidine groups is 1. The molecule has 4 rings (SSSR count). The predicted octanol–water partition coefficient (Wildman–Crippen LogP) is 6.03. The molecule has 0 amide bonds. The van der Waals surface area contributed by atoms with Crippen LogP contribution in [0.15, 0.2) is 52.7 Å². The lowest BCUT2D eigenvalue weighted by Gasteiger charge is -2.37. The molecule has 2 aromatic rings. The van der Waals surface area contributed by atoms with Crippen molar-refractivity contribution >= 4 is 23.1 Å². The summed E-state index contributed by atoms with van der Waals surface area (Å²) in [7, 11) is 1.41. The molecule has 2 heterocycles. The number of methoxy groups -OCH3 is 1. The molecule has 0 aliphatic carbocycles. The van der Waals surface area contributed by atoms with E-state index in [2.05, 4.69) is 4.99 Å². The van der Waals surface area contributed by atoms with Gasteiger partial charge in [-0.1, -0.05) is 23.7 Å². The Hall–Kier alpha value is -3.16. The second-order valence-corrected chi connectivity index (χ2v) is 8.09. The standard InChI is InChI=1S/C23H17ClF5N3O2/c1-12-10-31-18-11-34-20(14-4-3-5-17(33-2)19(14)24)15-8-13(9-30)6-7-16(15)32(18)21(12)22(25,26)23(27,28)29/h3-8,20H,10-11H2,1-2H3/t20-/m1/s1. The lowest BCUT2D eigenvalue weighted by Crippen LogP contribution is -2.50. The molecule has 0 fully saturated rings. The van der Waals surface area contributed by atoms with Gasteiger partial charge in [0.1, 0.15) is 30.0 Å². The van der Waals surface area contributed by atoms with Crippen LogP contribution in [0.5, 0.6) is 5.75 Å². The maximum Gasteiger partial charge on any atom is 0.459 e. The van der Waals surface area contributed by atoms with Crippen molar-refractivity contribution in [3.63, 3.8) is 0 Å². The fourth-order valence-corrected chi connectivity index (χ4v) is 4.32. The van der Waals surface area contributed by atoms with E-state index in [0.717, 1.165) is 4.90 Å². The quantitative estimate of drug-likeness (QED) is 0.486. The van der Waals surface area contributed by atoms with E-state index in [0.29, 0.717) is 11.3 Å². The van der Waals surface area contributed by atoms with Crippen molar-refractivity contribution in [2.75, 3.05) is 25.2 Å². The highest BCUT2D eigenvalue weighted by Crippen LogP contribution is 2.49. The van der Waals surface area contributed by atoms with Gasteiger partial charge in [0, 0.05) is 11.1 Å². The number of allylic oxidation sites excluding steroid dienone is 1. The van der Waals surface area contributed by atoms with Crippen LogP contribution in [0, 0.1) is 11.3 Å². The molecule has 0 unspecified atom stereocenters. The molecule has 0 aromatic heterocycles. The Bertz CT molecular complexity index is 1250. The molecule has 2 aromatic carbocycles. The summed E-state index contributed by atoms with van der Waals surface area (Å²) in [6, 6.07) is 10.8. The number of halogens is 6. The third-order valence-electron chi connectivity index (χ3n) is 5.59. The Kier molecular flexibility index (Phi) is 6.04. The number of ether oxygens (including phenoxy) is 2. The summed E-state index contributed by atoms with van der Waals surface area (Å²) in [6.07, 6.45) is -6.83. The summed E-state index contributed by atoms with van der Waals surface area (Å²) in [5.41, 5.74) is -0.742. The molecule has 0 spiro atoms. The van der Waals surface area contributed by atoms with Crippen molar-refractivity contribution in [1.29, 1.82) is 5.26 Å². The molecule has 2 aliphatic heterocycles. The molecule has 0 N–H and O–H groups in total. The van der Waals surface area contributed by atoms with Crippen LogP contribution in [0.1, 0.15) is 29.7 Å². The molecule has 0 radical (unpaired) electrons. The first-order valence-electron chi connectivity index (χ1n) is 9.97. The van der Waals surface area contributed by atoms with Gasteiger partial charge in [-0.3, -0.25) is 9.89 Å². The number of fused-ring (bicyclic) bond motifs is 3. The molecule has 11 heteroatoms. The fourth-order valence-electron chi connectivity index (χ4n) is 4.02. The minimum absolute atomic E-state index is 0.0166. The van der Waals surface area contributed by atoms with Crippen LogP contribution in [0.3, 0.4) is 0 Å². The lowest BCUT2D eigenvalue weighted by atomic mass is 9.96. The van der Waals surface area contributed by atoms with Gasteiger partial charge in [-0.15, -0.1) is 0 Å². The first kappa shape index (κ1) is 24.0. The zero-order chi connectivity index (χ0) is 24.8. The number of nitrogens with zero attached hydrogens (tertiary/aromatic N) is 3. The SMILES string of the molecule is COc1cccc([C@H]2OCC3=NCC(C)=C(C(F)(F)C(F)(F)F)N3c3ccc(C#N)cc32)c1Cl. The van der Waals surface area contributed by atoms with Crippen LogP contribution in [0.4, 0.5) is 27.6 Å². The smallest absolute Gasteiger partial charge is 0.459 e. The zero-order valence-corrected chi connectivity index (χ0v) is 18.6. The van der Waals surface area contributed by atoms with Crippen molar-refractivity contribution in [1.82, 2.24) is 0 Å². The van der Waals surface area contributed by atoms with Crippen LogP contribution >= 0.6 is 11.6 Å². The lowest BCUT2D eigenvalue weighted by molar-refractivity contribution is -0.264. The molecule has 178 valence electrons. The van der Waals surface area contributed by atoms with Gasteiger partial charge in [-0.2, -0.15) is 27.2 Å². The summed E-state index contributed by atoms with van der Waals surface area (Å²) in [4.78, 5) is 4.99. The van der Waals surface area contributed by atoms with Gasteiger partial charge in [0.05, 0.1) is 36.0 Å². The van der Waals surface area contributed by atoms with Gasteiger partial charge >= 0.3 is 12.1 Å². The zero-order valence-electron chi connectivity index (χ0n) is 17.9. The number of anilines is 1. The molecule has 0 bridgehead atoms. The van der Waals surface area contributed by atoms with Gasteiger partial charge < -0.3 is 9.47 Å². The minimum atomic E-state index is -5.83. The summed E-state index contributed by atoms with van der Waals surface area (Å²) >= 11 is 6.48. The molecule has 0 saturated heterocycles. The number of hydrogen-bond donors (Lipinski definition) is 0. The monoisotopic (exact) mass is 497 g/mol. The van der Waals surface area contributed by atoms with Crippen LogP contribution in [0.2, 0.25) is 5.02 Å². The highest BCUT2D eigenvalue weighted by Gasteiger charge is 2.63. The third kappa shape index (κ3) is 3.79. The molecular weight excluding hydrogens is 481 g/mol. The number of hydrogen-bond acceptors (Lipinski definition) is 5. The molecule has 34 heavy (non-hydrogen) atoms. The Balaban J connectivity index is 1.98. The average Bonchev–Trinajstić information content (AvgIpc) is 2.95. The van der Waals surface area contributed by atoms with Gasteiger partial charge in [0.15, 0.2) is 0 Å². The maximum absolute atomic E-state index is 14.8. The van der Waals surface area contributed by atoms with E-state index in [-0.39, 0.29) is 46.4 Å². The Morgan fingerprint density at radius 1 is 1.18 bits per heavy atom. The van der Waals surface area contributed by atoms with Gasteiger partial charge in [-0.25, -0.2) is 0 Å². The first-order chi connectivity index (χ1) is 16.0. The van der Waals surface area contributed by atoms with Crippen molar-refractivity contribution in [2.24, 2.45) is 4.99 Å². The number of aliphatic imine (C=N–C) groups is 1. The summed E-state index contributed by atoms with van der Waals surface area (Å²) in [5, 5.41) is 9.59. The average molecular weight is 498 g/mol. The molecule has 2 aliphatic rings. The number of rotatable bonds is 3. The van der Waals surface area contributed by atoms with E-state index in [4.69, 9.17) is 21.1 Å². The molecule has 5 nitrogen and oxygen atoms in total. The fraction of sp³-hybridized carbons (Fsp3) is 0.304. The summed E-state index contributed by atoms with van der Waals surface area (Å²) < 4.78 is 81.2. The first-order valence-corrected chi connectivity index (χ1v) is 10.3. The maximum atomic E-state index is 14.8. The van der Waals surface area contributed by atoms with Crippen molar-refractivity contribution in [3.8, 4) is 11.8 Å².